The molecule has 3 atom stereocenters. The van der Waals surface area contributed by atoms with Crippen LogP contribution in [-0.4, -0.2) is 24.8 Å². The van der Waals surface area contributed by atoms with Crippen molar-refractivity contribution in [1.82, 2.24) is 0 Å². The van der Waals surface area contributed by atoms with E-state index in [0.717, 1.165) is 5.69 Å². The Bertz CT molecular complexity index is 835. The van der Waals surface area contributed by atoms with E-state index in [4.69, 9.17) is 0 Å². The van der Waals surface area contributed by atoms with E-state index in [1.165, 1.54) is 4.90 Å². The molecule has 0 N–H and O–H groups in total. The molecule has 0 aromatic heterocycles. The van der Waals surface area contributed by atoms with Crippen molar-refractivity contribution in [3.05, 3.63) is 60.7 Å². The average Bonchev–Trinajstić information content (AvgIpc) is 2.80. The topological polar surface area (TPSA) is 57.7 Å². The van der Waals surface area contributed by atoms with E-state index in [1.54, 1.807) is 36.2 Å². The van der Waals surface area contributed by atoms with Gasteiger partial charge in [-0.25, -0.2) is 0 Å². The van der Waals surface area contributed by atoms with Crippen molar-refractivity contribution in [2.24, 2.45) is 17.8 Å². The van der Waals surface area contributed by atoms with Gasteiger partial charge in [0.25, 0.3) is 0 Å². The summed E-state index contributed by atoms with van der Waals surface area (Å²) in [6.45, 7) is 0. The van der Waals surface area contributed by atoms with Crippen LogP contribution in [0.15, 0.2) is 60.7 Å². The minimum atomic E-state index is -0.536. The minimum Gasteiger partial charge on any atom is -0.315 e. The van der Waals surface area contributed by atoms with Crippen molar-refractivity contribution in [2.45, 2.75) is 6.42 Å². The number of amides is 3. The number of anilines is 2. The number of para-hydroxylation sites is 2. The summed E-state index contributed by atoms with van der Waals surface area (Å²) in [5.74, 6) is -1.89. The van der Waals surface area contributed by atoms with Crippen molar-refractivity contribution < 1.29 is 14.4 Å². The summed E-state index contributed by atoms with van der Waals surface area (Å²) >= 11 is 0. The van der Waals surface area contributed by atoms with Crippen molar-refractivity contribution in [1.29, 1.82) is 0 Å². The molecule has 1 saturated carbocycles. The zero-order valence-electron chi connectivity index (χ0n) is 13.8. The van der Waals surface area contributed by atoms with Gasteiger partial charge in [0.15, 0.2) is 0 Å². The summed E-state index contributed by atoms with van der Waals surface area (Å²) < 4.78 is 0. The molecule has 2 aliphatic rings. The van der Waals surface area contributed by atoms with Crippen molar-refractivity contribution in [3.63, 3.8) is 0 Å². The summed E-state index contributed by atoms with van der Waals surface area (Å²) in [6.07, 6.45) is 0.439. The molecule has 0 bridgehead atoms. The fraction of sp³-hybridized carbons (Fsp3) is 0.250. The summed E-state index contributed by atoms with van der Waals surface area (Å²) in [6, 6.07) is 18.2. The van der Waals surface area contributed by atoms with Crippen LogP contribution >= 0.6 is 0 Å². The Kier molecular flexibility index (Phi) is 3.64. The number of fused-ring (bicyclic) bond motifs is 1. The lowest BCUT2D eigenvalue weighted by Gasteiger charge is -2.37. The van der Waals surface area contributed by atoms with Crippen molar-refractivity contribution >= 4 is 29.1 Å². The average molecular weight is 334 g/mol. The van der Waals surface area contributed by atoms with Gasteiger partial charge < -0.3 is 4.90 Å². The highest BCUT2D eigenvalue weighted by atomic mass is 16.2. The first-order chi connectivity index (χ1) is 12.1. The molecular weight excluding hydrogens is 316 g/mol. The van der Waals surface area contributed by atoms with E-state index >= 15 is 0 Å². The number of imide groups is 1. The predicted molar refractivity (Wildman–Crippen MR) is 93.9 cm³/mol. The van der Waals surface area contributed by atoms with Gasteiger partial charge in [-0.05, 0) is 30.7 Å². The van der Waals surface area contributed by atoms with E-state index in [1.807, 2.05) is 36.4 Å². The highest BCUT2D eigenvalue weighted by molar-refractivity contribution is 6.24. The molecule has 0 spiro atoms. The Hall–Kier alpha value is -2.95. The van der Waals surface area contributed by atoms with Crippen LogP contribution in [0.3, 0.4) is 0 Å². The fourth-order valence-corrected chi connectivity index (χ4v) is 3.79. The maximum Gasteiger partial charge on any atom is 0.238 e. The number of rotatable bonds is 3. The van der Waals surface area contributed by atoms with Crippen LogP contribution in [0.2, 0.25) is 0 Å². The van der Waals surface area contributed by atoms with Gasteiger partial charge in [-0.1, -0.05) is 36.4 Å². The normalized spacial score (nSPS) is 24.7. The molecule has 5 heteroatoms. The standard InChI is InChI=1S/C20H18N2O3/c1-21(13-8-4-2-5-9-13)18(23)15-12-16-17(15)20(25)22(19(16)24)14-10-6-3-7-11-14/h2-11,15-17H,12H2,1H3/t15-,16-,17+/m0/s1. The summed E-state index contributed by atoms with van der Waals surface area (Å²) in [5.41, 5.74) is 1.36. The maximum absolute atomic E-state index is 12.8. The van der Waals surface area contributed by atoms with Crippen LogP contribution in [0.25, 0.3) is 0 Å². The molecule has 3 amide bonds. The third kappa shape index (κ3) is 2.35. The van der Waals surface area contributed by atoms with Crippen LogP contribution in [0.5, 0.6) is 0 Å². The zero-order valence-corrected chi connectivity index (χ0v) is 13.8. The molecule has 126 valence electrons. The number of carbonyl (C=O) groups excluding carboxylic acids is 3. The highest BCUT2D eigenvalue weighted by Gasteiger charge is 2.61. The van der Waals surface area contributed by atoms with E-state index in [9.17, 15) is 14.4 Å². The molecule has 5 nitrogen and oxygen atoms in total. The molecule has 1 aliphatic carbocycles. The SMILES string of the molecule is CN(C(=O)[C@H]1C[C@@H]2C(=O)N(c3ccccc3)C(=O)[C@H]12)c1ccccc1. The third-order valence-corrected chi connectivity index (χ3v) is 5.22. The molecule has 2 fully saturated rings. The van der Waals surface area contributed by atoms with E-state index < -0.39 is 11.8 Å². The highest BCUT2D eigenvalue weighted by Crippen LogP contribution is 2.49. The third-order valence-electron chi connectivity index (χ3n) is 5.22. The van der Waals surface area contributed by atoms with E-state index in [-0.39, 0.29) is 23.6 Å². The number of hydrogen-bond donors (Lipinski definition) is 0. The van der Waals surface area contributed by atoms with E-state index in [0.29, 0.717) is 12.1 Å². The van der Waals surface area contributed by atoms with Crippen LogP contribution in [-0.2, 0) is 14.4 Å². The van der Waals surface area contributed by atoms with Gasteiger partial charge in [0.1, 0.15) is 0 Å². The van der Waals surface area contributed by atoms with Crippen molar-refractivity contribution in [3.8, 4) is 0 Å². The molecule has 0 radical (unpaired) electrons. The van der Waals surface area contributed by atoms with Gasteiger partial charge in [0.05, 0.1) is 23.4 Å². The molecule has 2 aromatic carbocycles. The lowest BCUT2D eigenvalue weighted by molar-refractivity contribution is -0.139. The van der Waals surface area contributed by atoms with Crippen LogP contribution in [0.4, 0.5) is 11.4 Å². The first-order valence-electron chi connectivity index (χ1n) is 8.35. The lowest BCUT2D eigenvalue weighted by atomic mass is 9.65. The molecule has 2 aromatic rings. The number of nitrogens with zero attached hydrogens (tertiary/aromatic N) is 2. The quantitative estimate of drug-likeness (QED) is 0.810. The smallest absolute Gasteiger partial charge is 0.238 e. The van der Waals surface area contributed by atoms with E-state index in [2.05, 4.69) is 0 Å². The Labute approximate surface area is 145 Å². The number of benzene rings is 2. The summed E-state index contributed by atoms with van der Waals surface area (Å²) in [4.78, 5) is 41.0. The molecule has 1 heterocycles. The van der Waals surface area contributed by atoms with Crippen LogP contribution in [0.1, 0.15) is 6.42 Å². The monoisotopic (exact) mass is 334 g/mol. The van der Waals surface area contributed by atoms with Gasteiger partial charge >= 0.3 is 0 Å². The Morgan fingerprint density at radius 3 is 2.20 bits per heavy atom. The van der Waals surface area contributed by atoms with Crippen LogP contribution < -0.4 is 9.80 Å². The second-order valence-electron chi connectivity index (χ2n) is 6.55. The minimum absolute atomic E-state index is 0.108. The maximum atomic E-state index is 12.8. The van der Waals surface area contributed by atoms with Gasteiger partial charge in [-0.2, -0.15) is 0 Å². The molecule has 4 rings (SSSR count). The molecule has 0 unspecified atom stereocenters. The van der Waals surface area contributed by atoms with Gasteiger partial charge in [0, 0.05) is 12.7 Å². The van der Waals surface area contributed by atoms with Crippen molar-refractivity contribution in [2.75, 3.05) is 16.8 Å². The predicted octanol–water partition coefficient (Wildman–Crippen LogP) is 2.48. The fourth-order valence-electron chi connectivity index (χ4n) is 3.79. The molecule has 25 heavy (non-hydrogen) atoms. The Balaban J connectivity index is 1.56. The van der Waals surface area contributed by atoms with Gasteiger partial charge in [-0.3, -0.25) is 19.3 Å². The largest absolute Gasteiger partial charge is 0.315 e. The van der Waals surface area contributed by atoms with Gasteiger partial charge in [0.2, 0.25) is 17.7 Å². The second kappa shape index (κ2) is 5.84. The number of hydrogen-bond acceptors (Lipinski definition) is 3. The second-order valence-corrected chi connectivity index (χ2v) is 6.55. The Morgan fingerprint density at radius 2 is 1.56 bits per heavy atom. The first-order valence-corrected chi connectivity index (χ1v) is 8.35. The molecular formula is C20H18N2O3. The van der Waals surface area contributed by atoms with Gasteiger partial charge in [-0.15, -0.1) is 0 Å². The zero-order chi connectivity index (χ0) is 17.6. The lowest BCUT2D eigenvalue weighted by Crippen LogP contribution is -2.48. The number of carbonyl (C=O) groups is 3. The molecule has 1 aliphatic heterocycles. The Morgan fingerprint density at radius 1 is 0.960 bits per heavy atom. The molecule has 1 saturated heterocycles. The summed E-state index contributed by atoms with van der Waals surface area (Å²) in [7, 11) is 1.71. The van der Waals surface area contributed by atoms with Crippen LogP contribution in [0, 0.1) is 17.8 Å². The summed E-state index contributed by atoms with van der Waals surface area (Å²) in [5, 5.41) is 0. The first kappa shape index (κ1) is 15.6.